The summed E-state index contributed by atoms with van der Waals surface area (Å²) in [5.41, 5.74) is 1.47. The summed E-state index contributed by atoms with van der Waals surface area (Å²) in [6.07, 6.45) is 3.51. The summed E-state index contributed by atoms with van der Waals surface area (Å²) in [6, 6.07) is 20.2. The number of benzene rings is 2. The highest BCUT2D eigenvalue weighted by Gasteiger charge is 2.23. The van der Waals surface area contributed by atoms with E-state index < -0.39 is 5.60 Å². The largest absolute Gasteiger partial charge is 0.385 e. The van der Waals surface area contributed by atoms with Gasteiger partial charge in [0.2, 0.25) is 0 Å². The normalized spacial score (nSPS) is 14.8. The molecule has 0 fully saturated rings. The van der Waals surface area contributed by atoms with E-state index in [1.165, 1.54) is 5.56 Å². The van der Waals surface area contributed by atoms with E-state index in [-0.39, 0.29) is 0 Å². The maximum atomic E-state index is 10.6. The second-order valence-electron chi connectivity index (χ2n) is 5.16. The summed E-state index contributed by atoms with van der Waals surface area (Å²) in [5, 5.41) is 10.6. The van der Waals surface area contributed by atoms with E-state index in [0.29, 0.717) is 6.42 Å². The lowest BCUT2D eigenvalue weighted by Crippen LogP contribution is -2.25. The molecule has 0 radical (unpaired) electrons. The summed E-state index contributed by atoms with van der Waals surface area (Å²) < 4.78 is 0.812. The first-order valence-electron chi connectivity index (χ1n) is 6.77. The van der Waals surface area contributed by atoms with Gasteiger partial charge >= 0.3 is 0 Å². The molecule has 104 valence electrons. The number of aryl methyl sites for hydroxylation is 1. The van der Waals surface area contributed by atoms with Crippen molar-refractivity contribution in [2.75, 3.05) is 0 Å². The van der Waals surface area contributed by atoms with Crippen molar-refractivity contribution in [3.05, 3.63) is 76.3 Å². The predicted octanol–water partition coefficient (Wildman–Crippen LogP) is 4.81. The number of halogens is 1. The zero-order valence-corrected chi connectivity index (χ0v) is 13.2. The van der Waals surface area contributed by atoms with E-state index in [4.69, 9.17) is 0 Å². The number of rotatable bonds is 5. The molecule has 20 heavy (non-hydrogen) atoms. The van der Waals surface area contributed by atoms with Gasteiger partial charge in [0.05, 0.1) is 5.60 Å². The molecule has 1 N–H and O–H groups in total. The minimum atomic E-state index is -0.855. The molecule has 0 aliphatic carbocycles. The lowest BCUT2D eigenvalue weighted by Gasteiger charge is -2.23. The maximum absolute atomic E-state index is 10.6. The molecular formula is C18H19BrO. The molecule has 0 saturated carbocycles. The SMILES string of the molecule is C[C@@](O)(CCc1ccccc1)/C(Br)=C/c1ccccc1. The lowest BCUT2D eigenvalue weighted by molar-refractivity contribution is 0.0999. The van der Waals surface area contributed by atoms with Gasteiger partial charge in [0.25, 0.3) is 0 Å². The fraction of sp³-hybridized carbons (Fsp3) is 0.222. The van der Waals surface area contributed by atoms with Crippen molar-refractivity contribution >= 4 is 22.0 Å². The highest BCUT2D eigenvalue weighted by molar-refractivity contribution is 9.11. The van der Waals surface area contributed by atoms with Crippen molar-refractivity contribution in [2.24, 2.45) is 0 Å². The predicted molar refractivity (Wildman–Crippen MR) is 88.7 cm³/mol. The minimum Gasteiger partial charge on any atom is -0.385 e. The van der Waals surface area contributed by atoms with Gasteiger partial charge in [-0.2, -0.15) is 0 Å². The molecule has 2 aromatic rings. The van der Waals surface area contributed by atoms with E-state index in [1.54, 1.807) is 0 Å². The second-order valence-corrected chi connectivity index (χ2v) is 6.02. The van der Waals surface area contributed by atoms with Gasteiger partial charge < -0.3 is 5.11 Å². The van der Waals surface area contributed by atoms with Gasteiger partial charge in [-0.25, -0.2) is 0 Å². The zero-order valence-electron chi connectivity index (χ0n) is 11.6. The van der Waals surface area contributed by atoms with Crippen LogP contribution in [0.15, 0.2) is 65.1 Å². The van der Waals surface area contributed by atoms with Crippen molar-refractivity contribution < 1.29 is 5.11 Å². The molecule has 0 aliphatic rings. The smallest absolute Gasteiger partial charge is 0.0936 e. The topological polar surface area (TPSA) is 20.2 Å². The average Bonchev–Trinajstić information content (AvgIpc) is 2.47. The van der Waals surface area contributed by atoms with E-state index in [1.807, 2.05) is 61.5 Å². The van der Waals surface area contributed by atoms with Crippen molar-refractivity contribution in [2.45, 2.75) is 25.4 Å². The van der Waals surface area contributed by atoms with Crippen LogP contribution < -0.4 is 0 Å². The quantitative estimate of drug-likeness (QED) is 0.834. The molecule has 0 unspecified atom stereocenters. The third-order valence-electron chi connectivity index (χ3n) is 3.35. The van der Waals surface area contributed by atoms with Crippen LogP contribution >= 0.6 is 15.9 Å². The van der Waals surface area contributed by atoms with Gasteiger partial charge in [0.15, 0.2) is 0 Å². The third kappa shape index (κ3) is 4.32. The van der Waals surface area contributed by atoms with Crippen LogP contribution in [-0.2, 0) is 6.42 Å². The number of hydrogen-bond acceptors (Lipinski definition) is 1. The molecule has 1 atom stereocenters. The standard InChI is InChI=1S/C18H19BrO/c1-18(20,13-12-15-8-4-2-5-9-15)17(19)14-16-10-6-3-7-11-16/h2-11,14,20H,12-13H2,1H3/b17-14-/t18-/m1/s1. The number of hydrogen-bond donors (Lipinski definition) is 1. The number of aliphatic hydroxyl groups is 1. The van der Waals surface area contributed by atoms with Crippen LogP contribution in [0.25, 0.3) is 6.08 Å². The summed E-state index contributed by atoms with van der Waals surface area (Å²) in [6.45, 7) is 1.85. The van der Waals surface area contributed by atoms with Crippen LogP contribution in [0.3, 0.4) is 0 Å². The van der Waals surface area contributed by atoms with E-state index in [9.17, 15) is 5.11 Å². The summed E-state index contributed by atoms with van der Waals surface area (Å²) in [7, 11) is 0. The first kappa shape index (κ1) is 15.0. The molecule has 0 amide bonds. The first-order chi connectivity index (χ1) is 9.58. The Morgan fingerprint density at radius 1 is 1.05 bits per heavy atom. The molecule has 2 aromatic carbocycles. The van der Waals surface area contributed by atoms with Crippen molar-refractivity contribution in [3.63, 3.8) is 0 Å². The Labute approximate surface area is 129 Å². The van der Waals surface area contributed by atoms with Crippen molar-refractivity contribution in [1.82, 2.24) is 0 Å². The summed E-state index contributed by atoms with van der Waals surface area (Å²) >= 11 is 3.52. The fourth-order valence-corrected chi connectivity index (χ4v) is 2.47. The van der Waals surface area contributed by atoms with E-state index in [2.05, 4.69) is 28.1 Å². The zero-order chi connectivity index (χ0) is 14.4. The molecule has 0 bridgehead atoms. The van der Waals surface area contributed by atoms with Crippen LogP contribution in [0.4, 0.5) is 0 Å². The van der Waals surface area contributed by atoms with Crippen LogP contribution in [0.5, 0.6) is 0 Å². The van der Waals surface area contributed by atoms with Gasteiger partial charge in [-0.15, -0.1) is 0 Å². The highest BCUT2D eigenvalue weighted by Crippen LogP contribution is 2.29. The van der Waals surface area contributed by atoms with Crippen molar-refractivity contribution in [1.29, 1.82) is 0 Å². The van der Waals surface area contributed by atoms with Gasteiger partial charge in [0, 0.05) is 4.48 Å². The molecule has 0 heterocycles. The van der Waals surface area contributed by atoms with Gasteiger partial charge in [0.1, 0.15) is 0 Å². The molecule has 2 rings (SSSR count). The Kier molecular flexibility index (Phi) is 5.16. The summed E-state index contributed by atoms with van der Waals surface area (Å²) in [4.78, 5) is 0. The lowest BCUT2D eigenvalue weighted by atomic mass is 9.95. The Hall–Kier alpha value is -1.38. The molecule has 2 heteroatoms. The van der Waals surface area contributed by atoms with Crippen LogP contribution in [0.1, 0.15) is 24.5 Å². The van der Waals surface area contributed by atoms with Crippen LogP contribution in [0, 0.1) is 0 Å². The first-order valence-corrected chi connectivity index (χ1v) is 7.56. The van der Waals surface area contributed by atoms with E-state index in [0.717, 1.165) is 16.5 Å². The Bertz CT molecular complexity index is 558. The Morgan fingerprint density at radius 2 is 1.60 bits per heavy atom. The van der Waals surface area contributed by atoms with Crippen LogP contribution in [0.2, 0.25) is 0 Å². The third-order valence-corrected chi connectivity index (χ3v) is 4.43. The molecule has 0 aliphatic heterocycles. The monoisotopic (exact) mass is 330 g/mol. The molecule has 0 aromatic heterocycles. The molecule has 0 saturated heterocycles. The molecule has 0 spiro atoms. The van der Waals surface area contributed by atoms with Gasteiger partial charge in [-0.1, -0.05) is 76.6 Å². The Morgan fingerprint density at radius 3 is 2.20 bits per heavy atom. The Balaban J connectivity index is 2.04. The summed E-state index contributed by atoms with van der Waals surface area (Å²) in [5.74, 6) is 0. The fourth-order valence-electron chi connectivity index (χ4n) is 2.00. The van der Waals surface area contributed by atoms with Gasteiger partial charge in [-0.3, -0.25) is 0 Å². The van der Waals surface area contributed by atoms with Gasteiger partial charge in [-0.05, 0) is 37.0 Å². The highest BCUT2D eigenvalue weighted by atomic mass is 79.9. The molecule has 1 nitrogen and oxygen atoms in total. The average molecular weight is 331 g/mol. The second kappa shape index (κ2) is 6.87. The maximum Gasteiger partial charge on any atom is 0.0936 e. The van der Waals surface area contributed by atoms with E-state index >= 15 is 0 Å². The minimum absolute atomic E-state index is 0.681. The van der Waals surface area contributed by atoms with Crippen LogP contribution in [-0.4, -0.2) is 10.7 Å². The van der Waals surface area contributed by atoms with Crippen molar-refractivity contribution in [3.8, 4) is 0 Å². The molecular weight excluding hydrogens is 312 g/mol.